The molecule has 0 fully saturated rings. The molecular weight excluding hydrogens is 404 g/mol. The Hall–Kier alpha value is -3.77. The van der Waals surface area contributed by atoms with Crippen molar-refractivity contribution in [2.45, 2.75) is 6.42 Å². The number of likely N-dealkylation sites (N-methyl/N-ethyl adjacent to an activating group) is 1. The molecule has 6 heteroatoms. The van der Waals surface area contributed by atoms with Gasteiger partial charge in [-0.1, -0.05) is 54.6 Å². The fourth-order valence-corrected chi connectivity index (χ4v) is 3.80. The lowest BCUT2D eigenvalue weighted by atomic mass is 9.83. The Balaban J connectivity index is 1.36. The largest absolute Gasteiger partial charge is 0.494 e. The molecule has 6 nitrogen and oxygen atoms in total. The van der Waals surface area contributed by atoms with Gasteiger partial charge >= 0.3 is 0 Å². The SMILES string of the molecule is CN(CCCOc1ccccc1)CC(=O)Nc1cccc2c1C(=O)c1ccccc1C2=O. The molecule has 0 radical (unpaired) electrons. The van der Waals surface area contributed by atoms with Gasteiger partial charge in [0.1, 0.15) is 5.75 Å². The molecular formula is C26H24N2O4. The molecule has 32 heavy (non-hydrogen) atoms. The van der Waals surface area contributed by atoms with Crippen molar-refractivity contribution >= 4 is 23.2 Å². The number of ether oxygens (including phenoxy) is 1. The van der Waals surface area contributed by atoms with Gasteiger partial charge in [-0.25, -0.2) is 0 Å². The molecule has 0 heterocycles. The van der Waals surface area contributed by atoms with Gasteiger partial charge in [0.05, 0.1) is 24.4 Å². The molecule has 3 aromatic rings. The van der Waals surface area contributed by atoms with Crippen LogP contribution in [0.2, 0.25) is 0 Å². The summed E-state index contributed by atoms with van der Waals surface area (Å²) in [4.78, 5) is 40.4. The summed E-state index contributed by atoms with van der Waals surface area (Å²) in [5.41, 5.74) is 1.69. The van der Waals surface area contributed by atoms with Gasteiger partial charge in [-0.3, -0.25) is 19.3 Å². The lowest BCUT2D eigenvalue weighted by Crippen LogP contribution is -2.32. The zero-order valence-corrected chi connectivity index (χ0v) is 17.8. The third-order valence-corrected chi connectivity index (χ3v) is 5.34. The van der Waals surface area contributed by atoms with Gasteiger partial charge in [-0.15, -0.1) is 0 Å². The van der Waals surface area contributed by atoms with Crippen LogP contribution in [0, 0.1) is 0 Å². The third-order valence-electron chi connectivity index (χ3n) is 5.34. The minimum Gasteiger partial charge on any atom is -0.494 e. The number of fused-ring (bicyclic) bond motifs is 2. The van der Waals surface area contributed by atoms with Crippen LogP contribution in [0.15, 0.2) is 72.8 Å². The minimum absolute atomic E-state index is 0.160. The lowest BCUT2D eigenvalue weighted by Gasteiger charge is -2.21. The van der Waals surface area contributed by atoms with E-state index in [-0.39, 0.29) is 29.6 Å². The second-order valence-electron chi connectivity index (χ2n) is 7.73. The lowest BCUT2D eigenvalue weighted by molar-refractivity contribution is -0.117. The topological polar surface area (TPSA) is 75.7 Å². The summed E-state index contributed by atoms with van der Waals surface area (Å²) in [5.74, 6) is 0.117. The smallest absolute Gasteiger partial charge is 0.238 e. The van der Waals surface area contributed by atoms with Gasteiger partial charge in [0.2, 0.25) is 5.91 Å². The second-order valence-corrected chi connectivity index (χ2v) is 7.73. The van der Waals surface area contributed by atoms with E-state index in [0.717, 1.165) is 12.2 Å². The third kappa shape index (κ3) is 4.60. The number of hydrogen-bond acceptors (Lipinski definition) is 5. The van der Waals surface area contributed by atoms with Crippen LogP contribution in [0.25, 0.3) is 0 Å². The van der Waals surface area contributed by atoms with Crippen LogP contribution in [0.1, 0.15) is 38.3 Å². The molecule has 0 unspecified atom stereocenters. The Labute approximate surface area is 186 Å². The predicted molar refractivity (Wildman–Crippen MR) is 122 cm³/mol. The zero-order valence-electron chi connectivity index (χ0n) is 17.8. The summed E-state index contributed by atoms with van der Waals surface area (Å²) < 4.78 is 5.67. The number of carbonyl (C=O) groups excluding carboxylic acids is 3. The first-order chi connectivity index (χ1) is 15.5. The Morgan fingerprint density at radius 3 is 2.25 bits per heavy atom. The average molecular weight is 428 g/mol. The van der Waals surface area contributed by atoms with Gasteiger partial charge in [-0.2, -0.15) is 0 Å². The van der Waals surface area contributed by atoms with Crippen LogP contribution in [-0.2, 0) is 4.79 Å². The standard InChI is InChI=1S/C26H24N2O4/c1-28(15-8-16-32-18-9-3-2-4-10-18)17-23(29)27-22-14-7-13-21-24(22)26(31)20-12-6-5-11-19(20)25(21)30/h2-7,9-14H,8,15-17H2,1H3,(H,27,29). The minimum atomic E-state index is -0.252. The molecule has 162 valence electrons. The maximum Gasteiger partial charge on any atom is 0.238 e. The molecule has 0 saturated heterocycles. The van der Waals surface area contributed by atoms with Crippen molar-refractivity contribution in [2.75, 3.05) is 32.1 Å². The van der Waals surface area contributed by atoms with E-state index < -0.39 is 0 Å². The highest BCUT2D eigenvalue weighted by Crippen LogP contribution is 2.31. The van der Waals surface area contributed by atoms with E-state index in [1.165, 1.54) is 0 Å². The first-order valence-electron chi connectivity index (χ1n) is 10.5. The first-order valence-corrected chi connectivity index (χ1v) is 10.5. The van der Waals surface area contributed by atoms with Gasteiger partial charge in [0, 0.05) is 23.2 Å². The van der Waals surface area contributed by atoms with Crippen molar-refractivity contribution in [3.8, 4) is 5.75 Å². The number of nitrogens with zero attached hydrogens (tertiary/aromatic N) is 1. The van der Waals surface area contributed by atoms with Crippen molar-refractivity contribution in [1.29, 1.82) is 0 Å². The van der Waals surface area contributed by atoms with Crippen LogP contribution in [-0.4, -0.2) is 49.1 Å². The highest BCUT2D eigenvalue weighted by Gasteiger charge is 2.31. The van der Waals surface area contributed by atoms with Crippen LogP contribution < -0.4 is 10.1 Å². The summed E-state index contributed by atoms with van der Waals surface area (Å²) in [6, 6.07) is 21.3. The van der Waals surface area contributed by atoms with Crippen LogP contribution in [0.5, 0.6) is 5.75 Å². The zero-order chi connectivity index (χ0) is 22.5. The molecule has 1 amide bonds. The normalized spacial score (nSPS) is 12.3. The van der Waals surface area contributed by atoms with E-state index in [1.54, 1.807) is 42.5 Å². The van der Waals surface area contributed by atoms with E-state index in [0.29, 0.717) is 35.5 Å². The molecule has 1 aliphatic carbocycles. The maximum absolute atomic E-state index is 13.0. The average Bonchev–Trinajstić information content (AvgIpc) is 2.81. The van der Waals surface area contributed by atoms with E-state index in [1.807, 2.05) is 42.3 Å². The molecule has 1 N–H and O–H groups in total. The molecule has 4 rings (SSSR count). The molecule has 3 aromatic carbocycles. The summed E-state index contributed by atoms with van der Waals surface area (Å²) in [6.45, 7) is 1.39. The van der Waals surface area contributed by atoms with Gasteiger partial charge < -0.3 is 10.1 Å². The van der Waals surface area contributed by atoms with E-state index >= 15 is 0 Å². The molecule has 0 saturated carbocycles. The number of hydrogen-bond donors (Lipinski definition) is 1. The van der Waals surface area contributed by atoms with Crippen LogP contribution in [0.4, 0.5) is 5.69 Å². The molecule has 0 aromatic heterocycles. The fraction of sp³-hybridized carbons (Fsp3) is 0.192. The summed E-state index contributed by atoms with van der Waals surface area (Å²) in [5, 5.41) is 2.81. The summed E-state index contributed by atoms with van der Waals surface area (Å²) >= 11 is 0. The maximum atomic E-state index is 13.0. The number of anilines is 1. The van der Waals surface area contributed by atoms with Crippen molar-refractivity contribution < 1.29 is 19.1 Å². The molecule has 0 bridgehead atoms. The number of rotatable bonds is 8. The highest BCUT2D eigenvalue weighted by molar-refractivity contribution is 6.30. The first kappa shape index (κ1) is 21.5. The van der Waals surface area contributed by atoms with Crippen molar-refractivity contribution in [1.82, 2.24) is 4.90 Å². The molecule has 0 aliphatic heterocycles. The quantitative estimate of drug-likeness (QED) is 0.432. The molecule has 1 aliphatic rings. The Morgan fingerprint density at radius 2 is 1.50 bits per heavy atom. The number of ketones is 2. The molecule has 0 atom stereocenters. The predicted octanol–water partition coefficient (Wildman–Crippen LogP) is 3.80. The highest BCUT2D eigenvalue weighted by atomic mass is 16.5. The van der Waals surface area contributed by atoms with Crippen molar-refractivity contribution in [3.05, 3.63) is 95.1 Å². The Kier molecular flexibility index (Phi) is 6.42. The van der Waals surface area contributed by atoms with Crippen molar-refractivity contribution in [3.63, 3.8) is 0 Å². The van der Waals surface area contributed by atoms with E-state index in [2.05, 4.69) is 5.32 Å². The number of carbonyl (C=O) groups is 3. The van der Waals surface area contributed by atoms with Gasteiger partial charge in [0.15, 0.2) is 11.6 Å². The number of benzene rings is 3. The monoisotopic (exact) mass is 428 g/mol. The fourth-order valence-electron chi connectivity index (χ4n) is 3.80. The second kappa shape index (κ2) is 9.58. The van der Waals surface area contributed by atoms with E-state index in [4.69, 9.17) is 4.74 Å². The number of para-hydroxylation sites is 1. The van der Waals surface area contributed by atoms with Crippen molar-refractivity contribution in [2.24, 2.45) is 0 Å². The Morgan fingerprint density at radius 1 is 0.844 bits per heavy atom. The number of nitrogens with one attached hydrogen (secondary N) is 1. The van der Waals surface area contributed by atoms with Crippen LogP contribution in [0.3, 0.4) is 0 Å². The van der Waals surface area contributed by atoms with E-state index in [9.17, 15) is 14.4 Å². The van der Waals surface area contributed by atoms with Gasteiger partial charge in [-0.05, 0) is 31.7 Å². The number of amides is 1. The molecule has 0 spiro atoms. The summed E-state index contributed by atoms with van der Waals surface area (Å²) in [6.07, 6.45) is 0.767. The van der Waals surface area contributed by atoms with Gasteiger partial charge in [0.25, 0.3) is 0 Å². The Bertz CT molecular complexity index is 1160. The summed E-state index contributed by atoms with van der Waals surface area (Å²) in [7, 11) is 1.85. The van der Waals surface area contributed by atoms with Crippen LogP contribution >= 0.6 is 0 Å².